The molecule has 0 aromatic carbocycles. The van der Waals surface area contributed by atoms with Gasteiger partial charge >= 0.3 is 0 Å². The van der Waals surface area contributed by atoms with E-state index in [1.807, 2.05) is 17.9 Å². The number of hydrogen-bond donors (Lipinski definition) is 1. The Labute approximate surface area is 142 Å². The Balaban J connectivity index is 1.53. The lowest BCUT2D eigenvalue weighted by molar-refractivity contribution is 0.0927. The Morgan fingerprint density at radius 2 is 2.17 bits per heavy atom. The number of aromatic nitrogens is 4. The van der Waals surface area contributed by atoms with Gasteiger partial charge in [-0.25, -0.2) is 4.98 Å². The number of aryl methyl sites for hydroxylation is 1. The molecule has 2 aromatic heterocycles. The molecule has 0 bridgehead atoms. The average Bonchev–Trinajstić information content (AvgIpc) is 2.78. The van der Waals surface area contributed by atoms with E-state index in [0.29, 0.717) is 5.69 Å². The monoisotopic (exact) mass is 328 g/mol. The number of amides is 1. The molecule has 7 heteroatoms. The third-order valence-electron chi connectivity index (χ3n) is 4.68. The fourth-order valence-corrected chi connectivity index (χ4v) is 3.07. The molecule has 128 valence electrons. The van der Waals surface area contributed by atoms with Crippen LogP contribution in [0.4, 0.5) is 0 Å². The molecule has 1 N–H and O–H groups in total. The van der Waals surface area contributed by atoms with Crippen LogP contribution in [0.5, 0.6) is 0 Å². The zero-order chi connectivity index (χ0) is 16.9. The van der Waals surface area contributed by atoms with Crippen LogP contribution in [0.25, 0.3) is 0 Å². The number of likely N-dealkylation sites (tertiary alicyclic amines) is 1. The van der Waals surface area contributed by atoms with Gasteiger partial charge < -0.3 is 5.32 Å². The molecule has 1 saturated heterocycles. The first-order chi connectivity index (χ1) is 11.6. The Hall–Kier alpha value is -2.28. The van der Waals surface area contributed by atoms with Crippen molar-refractivity contribution in [2.45, 2.75) is 38.8 Å². The van der Waals surface area contributed by atoms with E-state index in [2.05, 4.69) is 32.2 Å². The average molecular weight is 328 g/mol. The summed E-state index contributed by atoms with van der Waals surface area (Å²) >= 11 is 0. The summed E-state index contributed by atoms with van der Waals surface area (Å²) in [5.41, 5.74) is 2.87. The highest BCUT2D eigenvalue weighted by Crippen LogP contribution is 2.16. The fourth-order valence-electron chi connectivity index (χ4n) is 3.07. The summed E-state index contributed by atoms with van der Waals surface area (Å²) in [6.07, 6.45) is 9.59. The standard InChI is InChI=1S/C17H24N6O/c1-13-14(10-20-22(13)2)12-23-8-3-4-15(5-9-23)21-17(24)16-11-18-6-7-19-16/h6-7,10-11,15H,3-5,8-9,12H2,1-2H3,(H,21,24). The van der Waals surface area contributed by atoms with E-state index in [0.717, 1.165) is 38.9 Å². The number of carbonyl (C=O) groups is 1. The van der Waals surface area contributed by atoms with Gasteiger partial charge in [0.1, 0.15) is 5.69 Å². The molecular formula is C17H24N6O. The van der Waals surface area contributed by atoms with Crippen LogP contribution in [0, 0.1) is 6.92 Å². The maximum Gasteiger partial charge on any atom is 0.271 e. The largest absolute Gasteiger partial charge is 0.348 e. The molecule has 1 atom stereocenters. The van der Waals surface area contributed by atoms with Crippen molar-refractivity contribution in [3.63, 3.8) is 0 Å². The molecule has 1 aliphatic rings. The number of nitrogens with zero attached hydrogens (tertiary/aromatic N) is 5. The van der Waals surface area contributed by atoms with E-state index in [1.54, 1.807) is 12.4 Å². The van der Waals surface area contributed by atoms with Crippen molar-refractivity contribution in [3.05, 3.63) is 41.7 Å². The molecule has 1 unspecified atom stereocenters. The minimum absolute atomic E-state index is 0.135. The van der Waals surface area contributed by atoms with Gasteiger partial charge in [-0.2, -0.15) is 5.10 Å². The van der Waals surface area contributed by atoms with Crippen LogP contribution in [-0.4, -0.2) is 49.7 Å². The Morgan fingerprint density at radius 1 is 1.29 bits per heavy atom. The Bertz CT molecular complexity index is 684. The molecule has 2 aromatic rings. The maximum absolute atomic E-state index is 12.2. The number of rotatable bonds is 4. The summed E-state index contributed by atoms with van der Waals surface area (Å²) in [4.78, 5) is 22.7. The maximum atomic E-state index is 12.2. The van der Waals surface area contributed by atoms with Crippen LogP contribution in [0.1, 0.15) is 41.0 Å². The van der Waals surface area contributed by atoms with Gasteiger partial charge in [0.15, 0.2) is 0 Å². The van der Waals surface area contributed by atoms with Crippen LogP contribution in [0.3, 0.4) is 0 Å². The van der Waals surface area contributed by atoms with Gasteiger partial charge in [0.05, 0.1) is 12.4 Å². The van der Waals surface area contributed by atoms with Gasteiger partial charge in [-0.05, 0) is 32.7 Å². The zero-order valence-corrected chi connectivity index (χ0v) is 14.3. The molecule has 1 aliphatic heterocycles. The van der Waals surface area contributed by atoms with Gasteiger partial charge in [0.2, 0.25) is 0 Å². The second-order valence-electron chi connectivity index (χ2n) is 6.35. The summed E-state index contributed by atoms with van der Waals surface area (Å²) in [6.45, 7) is 5.04. The van der Waals surface area contributed by atoms with Crippen LogP contribution < -0.4 is 5.32 Å². The fraction of sp³-hybridized carbons (Fsp3) is 0.529. The molecule has 24 heavy (non-hydrogen) atoms. The van der Waals surface area contributed by atoms with Crippen molar-refractivity contribution >= 4 is 5.91 Å². The minimum Gasteiger partial charge on any atom is -0.348 e. The molecule has 3 heterocycles. The van der Waals surface area contributed by atoms with Crippen molar-refractivity contribution in [1.29, 1.82) is 0 Å². The van der Waals surface area contributed by atoms with Crippen molar-refractivity contribution < 1.29 is 4.79 Å². The zero-order valence-electron chi connectivity index (χ0n) is 14.3. The lowest BCUT2D eigenvalue weighted by Gasteiger charge is -2.20. The molecule has 0 saturated carbocycles. The van der Waals surface area contributed by atoms with Crippen molar-refractivity contribution in [3.8, 4) is 0 Å². The van der Waals surface area contributed by atoms with E-state index < -0.39 is 0 Å². The molecule has 0 spiro atoms. The van der Waals surface area contributed by atoms with E-state index >= 15 is 0 Å². The Morgan fingerprint density at radius 3 is 2.88 bits per heavy atom. The third kappa shape index (κ3) is 3.97. The summed E-state index contributed by atoms with van der Waals surface area (Å²) in [7, 11) is 1.97. The smallest absolute Gasteiger partial charge is 0.271 e. The quantitative estimate of drug-likeness (QED) is 0.915. The number of carbonyl (C=O) groups excluding carboxylic acids is 1. The molecule has 7 nitrogen and oxygen atoms in total. The van der Waals surface area contributed by atoms with Gasteiger partial charge in [0.25, 0.3) is 5.91 Å². The molecule has 3 rings (SSSR count). The van der Waals surface area contributed by atoms with Gasteiger partial charge in [-0.15, -0.1) is 0 Å². The van der Waals surface area contributed by atoms with E-state index in [4.69, 9.17) is 0 Å². The van der Waals surface area contributed by atoms with Crippen LogP contribution in [0.2, 0.25) is 0 Å². The first-order valence-corrected chi connectivity index (χ1v) is 8.40. The van der Waals surface area contributed by atoms with Crippen LogP contribution >= 0.6 is 0 Å². The predicted molar refractivity (Wildman–Crippen MR) is 90.4 cm³/mol. The molecule has 1 fully saturated rings. The SMILES string of the molecule is Cc1c(CN2CCCC(NC(=O)c3cnccn3)CC2)cnn1C. The van der Waals surface area contributed by atoms with Gasteiger partial charge in [-0.3, -0.25) is 19.4 Å². The van der Waals surface area contributed by atoms with Gasteiger partial charge in [0, 0.05) is 49.8 Å². The van der Waals surface area contributed by atoms with Crippen molar-refractivity contribution in [1.82, 2.24) is 30.0 Å². The molecule has 0 aliphatic carbocycles. The summed E-state index contributed by atoms with van der Waals surface area (Å²) < 4.78 is 1.91. The topological polar surface area (TPSA) is 75.9 Å². The lowest BCUT2D eigenvalue weighted by atomic mass is 10.1. The van der Waals surface area contributed by atoms with E-state index in [9.17, 15) is 4.79 Å². The summed E-state index contributed by atoms with van der Waals surface area (Å²) in [5.74, 6) is -0.135. The van der Waals surface area contributed by atoms with Crippen molar-refractivity contribution in [2.24, 2.45) is 7.05 Å². The third-order valence-corrected chi connectivity index (χ3v) is 4.68. The Kier molecular flexibility index (Phi) is 5.20. The first kappa shape index (κ1) is 16.6. The minimum atomic E-state index is -0.135. The van der Waals surface area contributed by atoms with Crippen molar-refractivity contribution in [2.75, 3.05) is 13.1 Å². The number of hydrogen-bond acceptors (Lipinski definition) is 5. The van der Waals surface area contributed by atoms with E-state index in [1.165, 1.54) is 17.5 Å². The van der Waals surface area contributed by atoms with Gasteiger partial charge in [-0.1, -0.05) is 0 Å². The molecular weight excluding hydrogens is 304 g/mol. The normalized spacial score (nSPS) is 19.0. The van der Waals surface area contributed by atoms with E-state index in [-0.39, 0.29) is 11.9 Å². The summed E-state index contributed by atoms with van der Waals surface area (Å²) in [5, 5.41) is 7.40. The lowest BCUT2D eigenvalue weighted by Crippen LogP contribution is -2.36. The number of nitrogens with one attached hydrogen (secondary N) is 1. The second kappa shape index (κ2) is 7.53. The predicted octanol–water partition coefficient (Wildman–Crippen LogP) is 1.30. The highest BCUT2D eigenvalue weighted by Gasteiger charge is 2.20. The van der Waals surface area contributed by atoms with Crippen LogP contribution in [0.15, 0.2) is 24.8 Å². The highest BCUT2D eigenvalue weighted by atomic mass is 16.1. The molecule has 0 radical (unpaired) electrons. The molecule has 1 amide bonds. The highest BCUT2D eigenvalue weighted by molar-refractivity contribution is 5.92. The van der Waals surface area contributed by atoms with Crippen LogP contribution in [-0.2, 0) is 13.6 Å². The second-order valence-corrected chi connectivity index (χ2v) is 6.35. The summed E-state index contributed by atoms with van der Waals surface area (Å²) in [6, 6.07) is 0.194. The first-order valence-electron chi connectivity index (χ1n) is 8.40.